The topological polar surface area (TPSA) is 81.0 Å². The summed E-state index contributed by atoms with van der Waals surface area (Å²) in [5, 5.41) is 0. The summed E-state index contributed by atoms with van der Waals surface area (Å²) in [6.45, 7) is 4.39. The van der Waals surface area contributed by atoms with Crippen LogP contribution in [0.15, 0.2) is 59.8 Å². The molecule has 0 fully saturated rings. The monoisotopic (exact) mass is 387 g/mol. The Hall–Kier alpha value is -2.71. The molecule has 0 aliphatic rings. The van der Waals surface area contributed by atoms with Gasteiger partial charge in [-0.3, -0.25) is 0 Å². The fourth-order valence-corrected chi connectivity index (χ4v) is 4.21. The van der Waals surface area contributed by atoms with Crippen molar-refractivity contribution >= 4 is 21.6 Å². The lowest BCUT2D eigenvalue weighted by Crippen LogP contribution is -2.30. The molecule has 1 aromatic carbocycles. The van der Waals surface area contributed by atoms with Crippen LogP contribution in [0.25, 0.3) is 5.65 Å². The van der Waals surface area contributed by atoms with Crippen molar-refractivity contribution < 1.29 is 17.9 Å². The first kappa shape index (κ1) is 19.1. The first-order chi connectivity index (χ1) is 13.0. The van der Waals surface area contributed by atoms with Gasteiger partial charge in [-0.1, -0.05) is 19.9 Å². The summed E-state index contributed by atoms with van der Waals surface area (Å²) >= 11 is 0. The largest absolute Gasteiger partial charge is 0.456 e. The van der Waals surface area contributed by atoms with E-state index in [0.717, 1.165) is 5.65 Å². The molecule has 2 aromatic heterocycles. The van der Waals surface area contributed by atoms with E-state index >= 15 is 0 Å². The van der Waals surface area contributed by atoms with Crippen molar-refractivity contribution in [2.75, 3.05) is 13.1 Å². The molecule has 0 spiro atoms. The number of sulfonamides is 1. The van der Waals surface area contributed by atoms with E-state index in [2.05, 4.69) is 4.98 Å². The fraction of sp³-hybridized carbons (Fsp3) is 0.263. The predicted octanol–water partition coefficient (Wildman–Crippen LogP) is 2.72. The lowest BCUT2D eigenvalue weighted by Gasteiger charge is -2.18. The highest BCUT2D eigenvalue weighted by molar-refractivity contribution is 7.89. The molecule has 27 heavy (non-hydrogen) atoms. The summed E-state index contributed by atoms with van der Waals surface area (Å²) in [7, 11) is -3.55. The van der Waals surface area contributed by atoms with E-state index in [1.807, 2.05) is 28.8 Å². The van der Waals surface area contributed by atoms with E-state index < -0.39 is 16.0 Å². The molecule has 0 amide bonds. The highest BCUT2D eigenvalue weighted by Crippen LogP contribution is 2.17. The zero-order chi connectivity index (χ0) is 19.4. The smallest absolute Gasteiger partial charge is 0.338 e. The van der Waals surface area contributed by atoms with Gasteiger partial charge in [0, 0.05) is 25.5 Å². The number of fused-ring (bicyclic) bond motifs is 1. The predicted molar refractivity (Wildman–Crippen MR) is 101 cm³/mol. The summed E-state index contributed by atoms with van der Waals surface area (Å²) in [6.07, 6.45) is 3.66. The van der Waals surface area contributed by atoms with Gasteiger partial charge < -0.3 is 9.14 Å². The Morgan fingerprint density at radius 2 is 1.81 bits per heavy atom. The van der Waals surface area contributed by atoms with Crippen LogP contribution >= 0.6 is 0 Å². The highest BCUT2D eigenvalue weighted by atomic mass is 32.2. The summed E-state index contributed by atoms with van der Waals surface area (Å²) in [5.74, 6) is -0.529. The minimum Gasteiger partial charge on any atom is -0.456 e. The number of benzene rings is 1. The zero-order valence-electron chi connectivity index (χ0n) is 15.2. The van der Waals surface area contributed by atoms with Gasteiger partial charge in [0.15, 0.2) is 0 Å². The fourth-order valence-electron chi connectivity index (χ4n) is 2.76. The Labute approximate surface area is 158 Å². The third-order valence-electron chi connectivity index (χ3n) is 4.20. The van der Waals surface area contributed by atoms with Gasteiger partial charge in [-0.25, -0.2) is 18.2 Å². The average Bonchev–Trinajstić information content (AvgIpc) is 3.10. The van der Waals surface area contributed by atoms with Crippen LogP contribution in [0.3, 0.4) is 0 Å². The summed E-state index contributed by atoms with van der Waals surface area (Å²) < 4.78 is 33.4. The molecule has 3 aromatic rings. The van der Waals surface area contributed by atoms with E-state index in [9.17, 15) is 13.2 Å². The number of carbonyl (C=O) groups is 1. The number of aromatic nitrogens is 2. The number of hydrogen-bond donors (Lipinski definition) is 0. The highest BCUT2D eigenvalue weighted by Gasteiger charge is 2.21. The first-order valence-corrected chi connectivity index (χ1v) is 10.1. The molecule has 0 N–H and O–H groups in total. The molecule has 0 radical (unpaired) electrons. The summed E-state index contributed by atoms with van der Waals surface area (Å²) in [5.41, 5.74) is 1.70. The van der Waals surface area contributed by atoms with Crippen LogP contribution < -0.4 is 0 Å². The van der Waals surface area contributed by atoms with Gasteiger partial charge in [-0.15, -0.1) is 0 Å². The minimum absolute atomic E-state index is 0.0417. The quantitative estimate of drug-likeness (QED) is 0.582. The van der Waals surface area contributed by atoms with Crippen LogP contribution in [0, 0.1) is 0 Å². The van der Waals surface area contributed by atoms with Gasteiger partial charge in [0.25, 0.3) is 0 Å². The number of esters is 1. The summed E-state index contributed by atoms with van der Waals surface area (Å²) in [6, 6.07) is 11.4. The number of imidazole rings is 1. The molecule has 0 aliphatic heterocycles. The minimum atomic E-state index is -3.55. The standard InChI is InChI=1S/C19H21N3O4S/c1-3-22(4-2)27(24,25)17-10-8-15(9-11-17)19(23)26-14-16-13-21-12-6-5-7-18(21)20-16/h5-13H,3-4,14H2,1-2H3. The Bertz CT molecular complexity index is 1010. The Morgan fingerprint density at radius 3 is 2.44 bits per heavy atom. The molecule has 142 valence electrons. The number of pyridine rings is 1. The molecular weight excluding hydrogens is 366 g/mol. The first-order valence-electron chi connectivity index (χ1n) is 8.65. The van der Waals surface area contributed by atoms with Crippen molar-refractivity contribution in [2.24, 2.45) is 0 Å². The molecule has 0 unspecified atom stereocenters. The number of hydrogen-bond acceptors (Lipinski definition) is 5. The number of nitrogens with zero attached hydrogens (tertiary/aromatic N) is 3. The lowest BCUT2D eigenvalue weighted by molar-refractivity contribution is 0.0468. The Balaban J connectivity index is 1.68. The molecule has 0 aliphatic carbocycles. The van der Waals surface area contributed by atoms with E-state index in [4.69, 9.17) is 4.74 Å². The average molecular weight is 387 g/mol. The molecule has 0 bridgehead atoms. The molecule has 7 nitrogen and oxygen atoms in total. The van der Waals surface area contributed by atoms with E-state index in [0.29, 0.717) is 18.8 Å². The summed E-state index contributed by atoms with van der Waals surface area (Å²) in [4.78, 5) is 16.7. The van der Waals surface area contributed by atoms with E-state index in [1.165, 1.54) is 28.6 Å². The van der Waals surface area contributed by atoms with Gasteiger partial charge in [0.1, 0.15) is 12.3 Å². The molecule has 3 rings (SSSR count). The second-order valence-corrected chi connectivity index (χ2v) is 7.83. The number of rotatable bonds is 7. The Kier molecular flexibility index (Phi) is 5.57. The van der Waals surface area contributed by atoms with Crippen molar-refractivity contribution in [3.05, 3.63) is 66.1 Å². The van der Waals surface area contributed by atoms with E-state index in [-0.39, 0.29) is 17.1 Å². The van der Waals surface area contributed by atoms with Gasteiger partial charge in [-0.2, -0.15) is 4.31 Å². The van der Waals surface area contributed by atoms with Gasteiger partial charge in [-0.05, 0) is 36.4 Å². The number of ether oxygens (including phenoxy) is 1. The second-order valence-electron chi connectivity index (χ2n) is 5.89. The number of carbonyl (C=O) groups excluding carboxylic acids is 1. The van der Waals surface area contributed by atoms with Crippen molar-refractivity contribution in [3.8, 4) is 0 Å². The normalized spacial score (nSPS) is 11.8. The molecule has 8 heteroatoms. The maximum absolute atomic E-state index is 12.5. The van der Waals surface area contributed by atoms with Crippen LogP contribution in [-0.2, 0) is 21.4 Å². The maximum Gasteiger partial charge on any atom is 0.338 e. The van der Waals surface area contributed by atoms with Crippen molar-refractivity contribution in [2.45, 2.75) is 25.3 Å². The molecular formula is C19H21N3O4S. The SMILES string of the molecule is CCN(CC)S(=O)(=O)c1ccc(C(=O)OCc2cn3ccccc3n2)cc1. The Morgan fingerprint density at radius 1 is 1.11 bits per heavy atom. The second kappa shape index (κ2) is 7.89. The van der Waals surface area contributed by atoms with Gasteiger partial charge in [0.2, 0.25) is 10.0 Å². The van der Waals surface area contributed by atoms with Crippen molar-refractivity contribution in [3.63, 3.8) is 0 Å². The van der Waals surface area contributed by atoms with Crippen molar-refractivity contribution in [1.82, 2.24) is 13.7 Å². The van der Waals surface area contributed by atoms with Crippen LogP contribution in [0.2, 0.25) is 0 Å². The van der Waals surface area contributed by atoms with Crippen LogP contribution in [0.4, 0.5) is 0 Å². The zero-order valence-corrected chi connectivity index (χ0v) is 16.0. The molecule has 0 atom stereocenters. The van der Waals surface area contributed by atoms with Crippen LogP contribution in [0.5, 0.6) is 0 Å². The van der Waals surface area contributed by atoms with Crippen LogP contribution in [-0.4, -0.2) is 41.2 Å². The van der Waals surface area contributed by atoms with Gasteiger partial charge >= 0.3 is 5.97 Å². The third kappa shape index (κ3) is 4.01. The van der Waals surface area contributed by atoms with Crippen LogP contribution in [0.1, 0.15) is 29.9 Å². The third-order valence-corrected chi connectivity index (χ3v) is 6.26. The lowest BCUT2D eigenvalue weighted by atomic mass is 10.2. The van der Waals surface area contributed by atoms with Gasteiger partial charge in [0.05, 0.1) is 16.2 Å². The maximum atomic E-state index is 12.5. The molecule has 0 saturated carbocycles. The molecule has 2 heterocycles. The van der Waals surface area contributed by atoms with Crippen molar-refractivity contribution in [1.29, 1.82) is 0 Å². The van der Waals surface area contributed by atoms with E-state index in [1.54, 1.807) is 20.0 Å². The molecule has 0 saturated heterocycles.